The van der Waals surface area contributed by atoms with Crippen LogP contribution in [-0.2, 0) is 21.7 Å². The molecule has 0 aromatic heterocycles. The molecule has 2 aromatic carbocycles. The molecule has 11 heavy (non-hydrogen) atoms. The number of hydrogen-bond acceptors (Lipinski definition) is 0. The molecular formula is C10H9Ti-. The Balaban J connectivity index is 0.000000605. The van der Waals surface area contributed by atoms with Crippen LogP contribution in [0.1, 0.15) is 5.56 Å². The first-order valence-corrected chi connectivity index (χ1v) is 3.49. The number of benzene rings is 1. The van der Waals surface area contributed by atoms with Gasteiger partial charge in [-0.25, -0.2) is 0 Å². The standard InChI is InChI=1S/C10H9.Ti/c1-8-6-7-9-4-2-3-5-10(8)9;/h2-7H,1H3;/q-1;. The zero-order valence-corrected chi connectivity index (χ0v) is 8.03. The van der Waals surface area contributed by atoms with Gasteiger partial charge in [0.25, 0.3) is 0 Å². The summed E-state index contributed by atoms with van der Waals surface area (Å²) in [5.41, 5.74) is 1.37. The Labute approximate surface area is 81.5 Å². The van der Waals surface area contributed by atoms with Crippen molar-refractivity contribution in [2.45, 2.75) is 6.92 Å². The molecule has 0 aliphatic heterocycles. The number of aryl methyl sites for hydroxylation is 1. The predicted molar refractivity (Wildman–Crippen MR) is 44.3 cm³/mol. The summed E-state index contributed by atoms with van der Waals surface area (Å²) in [6, 6.07) is 12.8. The average molecular weight is 177 g/mol. The maximum Gasteiger partial charge on any atom is 0 e. The van der Waals surface area contributed by atoms with Crippen LogP contribution in [-0.4, -0.2) is 0 Å². The van der Waals surface area contributed by atoms with E-state index in [1.165, 1.54) is 16.3 Å². The summed E-state index contributed by atoms with van der Waals surface area (Å²) in [6.45, 7) is 2.14. The van der Waals surface area contributed by atoms with Gasteiger partial charge >= 0.3 is 0 Å². The quantitative estimate of drug-likeness (QED) is 0.428. The molecule has 0 heterocycles. The van der Waals surface area contributed by atoms with Gasteiger partial charge in [-0.3, -0.25) is 0 Å². The molecule has 0 nitrogen and oxygen atoms in total. The van der Waals surface area contributed by atoms with Gasteiger partial charge in [-0.1, -0.05) is 13.0 Å². The van der Waals surface area contributed by atoms with Crippen molar-refractivity contribution in [2.75, 3.05) is 0 Å². The van der Waals surface area contributed by atoms with E-state index < -0.39 is 0 Å². The third-order valence-corrected chi connectivity index (χ3v) is 1.90. The van der Waals surface area contributed by atoms with Crippen LogP contribution in [0.2, 0.25) is 0 Å². The van der Waals surface area contributed by atoms with Crippen molar-refractivity contribution in [3.05, 3.63) is 42.0 Å². The first-order valence-electron chi connectivity index (χ1n) is 3.49. The summed E-state index contributed by atoms with van der Waals surface area (Å²) in [6.07, 6.45) is 0. The molecule has 0 unspecified atom stereocenters. The van der Waals surface area contributed by atoms with Gasteiger partial charge in [0.1, 0.15) is 0 Å². The van der Waals surface area contributed by atoms with Crippen LogP contribution in [0, 0.1) is 6.92 Å². The molecule has 0 saturated heterocycles. The minimum Gasteiger partial charge on any atom is -0.168 e. The molecule has 0 N–H and O–H groups in total. The van der Waals surface area contributed by atoms with E-state index >= 15 is 0 Å². The van der Waals surface area contributed by atoms with E-state index in [9.17, 15) is 0 Å². The Morgan fingerprint density at radius 1 is 1.09 bits per heavy atom. The van der Waals surface area contributed by atoms with Gasteiger partial charge in [0.05, 0.1) is 0 Å². The van der Waals surface area contributed by atoms with Gasteiger partial charge < -0.3 is 0 Å². The van der Waals surface area contributed by atoms with Crippen LogP contribution in [0.4, 0.5) is 0 Å². The topological polar surface area (TPSA) is 0 Å². The van der Waals surface area contributed by atoms with Crippen molar-refractivity contribution in [3.63, 3.8) is 0 Å². The summed E-state index contributed by atoms with van der Waals surface area (Å²) in [7, 11) is 0. The fourth-order valence-electron chi connectivity index (χ4n) is 1.31. The van der Waals surface area contributed by atoms with Crippen molar-refractivity contribution >= 4 is 10.8 Å². The third-order valence-electron chi connectivity index (χ3n) is 1.90. The maximum atomic E-state index is 2.16. The Kier molecular flexibility index (Phi) is 2.59. The van der Waals surface area contributed by atoms with Gasteiger partial charge in [0.15, 0.2) is 0 Å². The zero-order chi connectivity index (χ0) is 6.97. The first kappa shape index (κ1) is 8.64. The molecule has 2 aromatic rings. The van der Waals surface area contributed by atoms with Gasteiger partial charge in [-0.15, -0.1) is 34.5 Å². The minimum absolute atomic E-state index is 0. The summed E-state index contributed by atoms with van der Waals surface area (Å²) >= 11 is 0. The number of rotatable bonds is 0. The van der Waals surface area contributed by atoms with E-state index in [0.717, 1.165) is 0 Å². The van der Waals surface area contributed by atoms with E-state index in [-0.39, 0.29) is 21.7 Å². The van der Waals surface area contributed by atoms with Gasteiger partial charge in [0.2, 0.25) is 0 Å². The van der Waals surface area contributed by atoms with Crippen LogP contribution in [0.3, 0.4) is 0 Å². The summed E-state index contributed by atoms with van der Waals surface area (Å²) in [4.78, 5) is 0. The first-order chi connectivity index (χ1) is 4.88. The second-order valence-electron chi connectivity index (χ2n) is 2.60. The van der Waals surface area contributed by atoms with Crippen LogP contribution >= 0.6 is 0 Å². The summed E-state index contributed by atoms with van der Waals surface area (Å²) < 4.78 is 0. The molecule has 0 aliphatic carbocycles. The van der Waals surface area contributed by atoms with Gasteiger partial charge in [-0.05, 0) is 0 Å². The van der Waals surface area contributed by atoms with Crippen molar-refractivity contribution in [1.82, 2.24) is 0 Å². The van der Waals surface area contributed by atoms with E-state index in [4.69, 9.17) is 0 Å². The Hall–Kier alpha value is -0.456. The van der Waals surface area contributed by atoms with Crippen LogP contribution in [0.15, 0.2) is 36.4 Å². The largest absolute Gasteiger partial charge is 0.168 e. The summed E-state index contributed by atoms with van der Waals surface area (Å²) in [5, 5.41) is 2.72. The molecule has 0 fully saturated rings. The van der Waals surface area contributed by atoms with Crippen LogP contribution < -0.4 is 0 Å². The average Bonchev–Trinajstić information content (AvgIpc) is 2.34. The van der Waals surface area contributed by atoms with E-state index in [1.807, 2.05) is 0 Å². The van der Waals surface area contributed by atoms with Gasteiger partial charge in [-0.2, -0.15) is 12.1 Å². The Morgan fingerprint density at radius 2 is 1.82 bits per heavy atom. The van der Waals surface area contributed by atoms with Crippen molar-refractivity contribution < 1.29 is 21.7 Å². The molecule has 0 aliphatic rings. The normalized spacial score (nSPS) is 9.55. The Bertz CT molecular complexity index is 346. The molecule has 2 rings (SSSR count). The predicted octanol–water partition coefficient (Wildman–Crippen LogP) is 2.86. The molecule has 0 radical (unpaired) electrons. The van der Waals surface area contributed by atoms with Crippen molar-refractivity contribution in [3.8, 4) is 0 Å². The minimum atomic E-state index is 0. The van der Waals surface area contributed by atoms with Crippen LogP contribution in [0.5, 0.6) is 0 Å². The SMILES string of the molecule is C[c-]1ccc2ccccc21.[Ti]. The van der Waals surface area contributed by atoms with E-state index in [0.29, 0.717) is 0 Å². The number of fused-ring (bicyclic) bond motifs is 1. The zero-order valence-electron chi connectivity index (χ0n) is 6.46. The molecule has 0 spiro atoms. The third kappa shape index (κ3) is 1.42. The van der Waals surface area contributed by atoms with Crippen molar-refractivity contribution in [2.24, 2.45) is 0 Å². The molecule has 1 heteroatoms. The fourth-order valence-corrected chi connectivity index (χ4v) is 1.31. The molecular weight excluding hydrogens is 168 g/mol. The van der Waals surface area contributed by atoms with Crippen molar-refractivity contribution in [1.29, 1.82) is 0 Å². The van der Waals surface area contributed by atoms with Gasteiger partial charge in [0, 0.05) is 21.7 Å². The van der Waals surface area contributed by atoms with E-state index in [1.54, 1.807) is 0 Å². The second-order valence-corrected chi connectivity index (χ2v) is 2.60. The molecule has 54 valence electrons. The fraction of sp³-hybridized carbons (Fsp3) is 0.100. The molecule has 0 amide bonds. The number of hydrogen-bond donors (Lipinski definition) is 0. The second kappa shape index (κ2) is 3.29. The molecule has 0 bridgehead atoms. The molecule has 0 atom stereocenters. The van der Waals surface area contributed by atoms with Crippen LogP contribution in [0.25, 0.3) is 10.8 Å². The summed E-state index contributed by atoms with van der Waals surface area (Å²) in [5.74, 6) is 0. The smallest absolute Gasteiger partial charge is 0 e. The maximum absolute atomic E-state index is 2.16. The molecule has 0 saturated carbocycles. The Morgan fingerprint density at radius 3 is 2.55 bits per heavy atom. The monoisotopic (exact) mass is 177 g/mol. The van der Waals surface area contributed by atoms with E-state index in [2.05, 4.69) is 43.3 Å².